The van der Waals surface area contributed by atoms with Gasteiger partial charge in [0.1, 0.15) is 0 Å². The van der Waals surface area contributed by atoms with Crippen molar-refractivity contribution in [2.45, 2.75) is 33.1 Å². The van der Waals surface area contributed by atoms with E-state index in [1.807, 2.05) is 31.2 Å². The van der Waals surface area contributed by atoms with Crippen LogP contribution in [0.1, 0.15) is 37.9 Å². The van der Waals surface area contributed by atoms with Crippen LogP contribution in [0.4, 0.5) is 0 Å². The van der Waals surface area contributed by atoms with Gasteiger partial charge in [0, 0.05) is 31.7 Å². The number of rotatable bonds is 8. The van der Waals surface area contributed by atoms with E-state index in [4.69, 9.17) is 4.74 Å². The summed E-state index contributed by atoms with van der Waals surface area (Å²) in [6.07, 6.45) is 2.59. The molecule has 0 unspecified atom stereocenters. The average Bonchev–Trinajstić information content (AvgIpc) is 3.20. The van der Waals surface area contributed by atoms with Gasteiger partial charge in [0.15, 0.2) is 0 Å². The summed E-state index contributed by atoms with van der Waals surface area (Å²) in [5, 5.41) is 3.92. The van der Waals surface area contributed by atoms with Gasteiger partial charge in [0.05, 0.1) is 15.8 Å². The van der Waals surface area contributed by atoms with E-state index in [2.05, 4.69) is 22.0 Å². The molecule has 0 spiro atoms. The first-order valence-electron chi connectivity index (χ1n) is 8.86. The molecule has 138 valence electrons. The van der Waals surface area contributed by atoms with E-state index >= 15 is 0 Å². The monoisotopic (exact) mass is 372 g/mol. The molecule has 3 rings (SSSR count). The number of aryl methyl sites for hydroxylation is 1. The fraction of sp³-hybridized carbons (Fsp3) is 0.421. The molecule has 0 radical (unpaired) electrons. The molecular weight excluding hydrogens is 348 g/mol. The maximum atomic E-state index is 13.1. The Balaban J connectivity index is 2.01. The second-order valence-electron chi connectivity index (χ2n) is 6.13. The minimum absolute atomic E-state index is 0.0829. The average molecular weight is 372 g/mol. The zero-order chi connectivity index (χ0) is 18.5. The molecule has 7 heteroatoms. The molecule has 2 aromatic heterocycles. The number of thiazole rings is 1. The molecule has 0 bridgehead atoms. The van der Waals surface area contributed by atoms with Crippen molar-refractivity contribution in [3.8, 4) is 5.13 Å². The lowest BCUT2D eigenvalue weighted by molar-refractivity contribution is 0.197. The standard InChI is InChI=1S/C19H24N4O2S/c1-4-8-15-17(13(2)20-11-7-12-25-3)18(24)23(22-15)19-21-14-9-5-6-10-16(14)26-19/h5-6,9-10,22H,4,7-8,11-12H2,1-3H3. The number of methoxy groups -OCH3 is 1. The molecule has 2 heterocycles. The van der Waals surface area contributed by atoms with Crippen LogP contribution in [0.25, 0.3) is 15.3 Å². The van der Waals surface area contributed by atoms with Gasteiger partial charge in [-0.05, 0) is 31.9 Å². The minimum atomic E-state index is -0.0829. The lowest BCUT2D eigenvalue weighted by Gasteiger charge is -2.01. The van der Waals surface area contributed by atoms with Crippen molar-refractivity contribution in [3.05, 3.63) is 45.9 Å². The highest BCUT2D eigenvalue weighted by Gasteiger charge is 2.19. The molecule has 0 fully saturated rings. The van der Waals surface area contributed by atoms with Crippen LogP contribution in [0.5, 0.6) is 0 Å². The van der Waals surface area contributed by atoms with Crippen LogP contribution >= 0.6 is 11.3 Å². The first kappa shape index (κ1) is 18.5. The number of ether oxygens (including phenoxy) is 1. The van der Waals surface area contributed by atoms with Gasteiger partial charge in [-0.1, -0.05) is 36.8 Å². The first-order valence-corrected chi connectivity index (χ1v) is 9.67. The van der Waals surface area contributed by atoms with Gasteiger partial charge in [0.25, 0.3) is 5.56 Å². The fourth-order valence-electron chi connectivity index (χ4n) is 2.91. The van der Waals surface area contributed by atoms with Crippen molar-refractivity contribution < 1.29 is 4.74 Å². The Morgan fingerprint density at radius 2 is 2.19 bits per heavy atom. The number of aliphatic imine (C=N–C) groups is 1. The first-order chi connectivity index (χ1) is 12.7. The Morgan fingerprint density at radius 1 is 1.38 bits per heavy atom. The second-order valence-corrected chi connectivity index (χ2v) is 7.14. The molecule has 26 heavy (non-hydrogen) atoms. The highest BCUT2D eigenvalue weighted by Crippen LogP contribution is 2.24. The third-order valence-corrected chi connectivity index (χ3v) is 5.18. The Labute approximate surface area is 156 Å². The van der Waals surface area contributed by atoms with E-state index in [9.17, 15) is 4.79 Å². The summed E-state index contributed by atoms with van der Waals surface area (Å²) >= 11 is 1.51. The van der Waals surface area contributed by atoms with Crippen molar-refractivity contribution in [1.29, 1.82) is 0 Å². The normalized spacial score (nSPS) is 12.2. The lowest BCUT2D eigenvalue weighted by atomic mass is 10.1. The number of aromatic nitrogens is 3. The molecule has 1 N–H and O–H groups in total. The molecule has 0 saturated heterocycles. The van der Waals surface area contributed by atoms with Gasteiger partial charge >= 0.3 is 0 Å². The van der Waals surface area contributed by atoms with Gasteiger partial charge in [0.2, 0.25) is 5.13 Å². The summed E-state index contributed by atoms with van der Waals surface area (Å²) in [4.78, 5) is 22.2. The number of benzene rings is 1. The topological polar surface area (TPSA) is 72.3 Å². The molecule has 0 aliphatic rings. The van der Waals surface area contributed by atoms with Gasteiger partial charge in [-0.3, -0.25) is 14.9 Å². The van der Waals surface area contributed by atoms with Gasteiger partial charge in [-0.15, -0.1) is 0 Å². The van der Waals surface area contributed by atoms with E-state index in [1.165, 1.54) is 11.3 Å². The van der Waals surface area contributed by atoms with Crippen molar-refractivity contribution in [3.63, 3.8) is 0 Å². The van der Waals surface area contributed by atoms with Crippen LogP contribution in [0.15, 0.2) is 34.1 Å². The number of aromatic amines is 1. The number of H-pyrrole nitrogens is 1. The molecule has 3 aromatic rings. The van der Waals surface area contributed by atoms with Crippen LogP contribution in [0.3, 0.4) is 0 Å². The van der Waals surface area contributed by atoms with Crippen molar-refractivity contribution in [1.82, 2.24) is 14.8 Å². The van der Waals surface area contributed by atoms with Crippen molar-refractivity contribution in [2.24, 2.45) is 4.99 Å². The number of fused-ring (bicyclic) bond motifs is 1. The zero-order valence-corrected chi connectivity index (χ0v) is 16.2. The highest BCUT2D eigenvalue weighted by molar-refractivity contribution is 7.20. The minimum Gasteiger partial charge on any atom is -0.385 e. The zero-order valence-electron chi connectivity index (χ0n) is 15.4. The molecule has 0 aliphatic heterocycles. The van der Waals surface area contributed by atoms with Crippen LogP contribution < -0.4 is 5.56 Å². The number of hydrogen-bond acceptors (Lipinski definition) is 5. The molecule has 0 atom stereocenters. The Hall–Kier alpha value is -2.25. The van der Waals surface area contributed by atoms with E-state index < -0.39 is 0 Å². The van der Waals surface area contributed by atoms with Crippen molar-refractivity contribution in [2.75, 3.05) is 20.3 Å². The third kappa shape index (κ3) is 3.78. The molecule has 6 nitrogen and oxygen atoms in total. The number of para-hydroxylation sites is 1. The maximum absolute atomic E-state index is 13.1. The highest BCUT2D eigenvalue weighted by atomic mass is 32.1. The smallest absolute Gasteiger partial charge is 0.282 e. The molecule has 1 aromatic carbocycles. The summed E-state index contributed by atoms with van der Waals surface area (Å²) < 4.78 is 7.68. The number of hydrogen-bond donors (Lipinski definition) is 1. The summed E-state index contributed by atoms with van der Waals surface area (Å²) in [5.41, 5.74) is 3.18. The Kier molecular flexibility index (Phi) is 6.00. The van der Waals surface area contributed by atoms with Gasteiger partial charge in [-0.25, -0.2) is 4.98 Å². The Bertz CT molecular complexity index is 934. The third-order valence-electron chi connectivity index (χ3n) is 4.16. The van der Waals surface area contributed by atoms with E-state index in [1.54, 1.807) is 11.8 Å². The molecular formula is C19H24N4O2S. The van der Waals surface area contributed by atoms with Crippen LogP contribution in [-0.2, 0) is 11.2 Å². The maximum Gasteiger partial charge on any atom is 0.282 e. The van der Waals surface area contributed by atoms with E-state index in [0.717, 1.165) is 40.9 Å². The van der Waals surface area contributed by atoms with Crippen LogP contribution in [0.2, 0.25) is 0 Å². The second kappa shape index (κ2) is 8.42. The summed E-state index contributed by atoms with van der Waals surface area (Å²) in [6, 6.07) is 7.90. The van der Waals surface area contributed by atoms with E-state index in [-0.39, 0.29) is 5.56 Å². The SMILES string of the molecule is CCCc1[nH]n(-c2nc3ccccc3s2)c(=O)c1C(C)=NCCCOC. The summed E-state index contributed by atoms with van der Waals surface area (Å²) in [7, 11) is 1.68. The lowest BCUT2D eigenvalue weighted by Crippen LogP contribution is -2.20. The van der Waals surface area contributed by atoms with Crippen LogP contribution in [-0.4, -0.2) is 40.7 Å². The molecule has 0 amide bonds. The van der Waals surface area contributed by atoms with Gasteiger partial charge < -0.3 is 4.74 Å². The Morgan fingerprint density at radius 3 is 2.92 bits per heavy atom. The molecule has 0 aliphatic carbocycles. The number of nitrogens with zero attached hydrogens (tertiary/aromatic N) is 3. The predicted octanol–water partition coefficient (Wildman–Crippen LogP) is 3.57. The number of nitrogens with one attached hydrogen (secondary N) is 1. The largest absolute Gasteiger partial charge is 0.385 e. The fourth-order valence-corrected chi connectivity index (χ4v) is 3.84. The van der Waals surface area contributed by atoms with Crippen LogP contribution in [0, 0.1) is 0 Å². The summed E-state index contributed by atoms with van der Waals surface area (Å²) in [6.45, 7) is 5.32. The predicted molar refractivity (Wildman–Crippen MR) is 107 cm³/mol. The quantitative estimate of drug-likeness (QED) is 0.485. The van der Waals surface area contributed by atoms with Crippen molar-refractivity contribution >= 4 is 27.3 Å². The molecule has 0 saturated carbocycles. The van der Waals surface area contributed by atoms with E-state index in [0.29, 0.717) is 23.8 Å². The van der Waals surface area contributed by atoms with Gasteiger partial charge in [-0.2, -0.15) is 4.68 Å². The summed E-state index contributed by atoms with van der Waals surface area (Å²) in [5.74, 6) is 0.